The highest BCUT2D eigenvalue weighted by Gasteiger charge is 2.37. The van der Waals surface area contributed by atoms with E-state index in [0.717, 1.165) is 44.6 Å². The van der Waals surface area contributed by atoms with E-state index in [4.69, 9.17) is 0 Å². The summed E-state index contributed by atoms with van der Waals surface area (Å²) >= 11 is 0. The van der Waals surface area contributed by atoms with Gasteiger partial charge in [-0.15, -0.1) is 0 Å². The van der Waals surface area contributed by atoms with E-state index < -0.39 is 11.9 Å². The Bertz CT molecular complexity index is 521. The first-order valence-electron chi connectivity index (χ1n) is 8.33. The molecular weight excluding hydrogens is 307 g/mol. The number of aryl methyl sites for hydroxylation is 1. The topological polar surface area (TPSA) is 46.9 Å². The fourth-order valence-electron chi connectivity index (χ4n) is 2.53. The van der Waals surface area contributed by atoms with Crippen molar-refractivity contribution in [1.29, 1.82) is 0 Å². The maximum Gasteiger partial charge on any atom is 0.435 e. The molecule has 0 atom stereocenters. The number of hydrogen-bond donors (Lipinski definition) is 1. The van der Waals surface area contributed by atoms with Crippen molar-refractivity contribution in [2.45, 2.75) is 70.5 Å². The van der Waals surface area contributed by atoms with Crippen LogP contribution in [0.2, 0.25) is 0 Å². The first-order valence-corrected chi connectivity index (χ1v) is 8.33. The predicted octanol–water partition coefficient (Wildman–Crippen LogP) is 3.87. The molecule has 1 aromatic heterocycles. The third kappa shape index (κ3) is 5.55. The molecule has 2 rings (SSSR count). The smallest absolute Gasteiger partial charge is 0.356 e. The lowest BCUT2D eigenvalue weighted by Crippen LogP contribution is -2.26. The second-order valence-electron chi connectivity index (χ2n) is 6.11. The summed E-state index contributed by atoms with van der Waals surface area (Å²) in [6.45, 7) is 2.94. The molecule has 1 aromatic rings. The number of rotatable bonds is 9. The molecule has 0 bridgehead atoms. The highest BCUT2D eigenvalue weighted by molar-refractivity contribution is 5.75. The van der Waals surface area contributed by atoms with Gasteiger partial charge < -0.3 is 5.32 Å². The predicted molar refractivity (Wildman–Crippen MR) is 81.0 cm³/mol. The van der Waals surface area contributed by atoms with Gasteiger partial charge in [0.05, 0.1) is 0 Å². The molecule has 1 fully saturated rings. The van der Waals surface area contributed by atoms with Gasteiger partial charge in [-0.3, -0.25) is 9.48 Å². The number of amides is 1. The van der Waals surface area contributed by atoms with E-state index in [2.05, 4.69) is 17.3 Å². The van der Waals surface area contributed by atoms with Crippen molar-refractivity contribution in [3.63, 3.8) is 0 Å². The minimum absolute atomic E-state index is 0.132. The Balaban J connectivity index is 1.82. The lowest BCUT2D eigenvalue weighted by atomic mass is 10.2. The molecule has 23 heavy (non-hydrogen) atoms. The average Bonchev–Trinajstić information content (AvgIpc) is 3.23. The zero-order valence-corrected chi connectivity index (χ0v) is 13.5. The molecule has 0 radical (unpaired) electrons. The maximum atomic E-state index is 12.8. The van der Waals surface area contributed by atoms with Gasteiger partial charge in [-0.25, -0.2) is 0 Å². The van der Waals surface area contributed by atoms with Gasteiger partial charge in [-0.05, 0) is 25.3 Å². The molecule has 0 aromatic carbocycles. The number of aromatic nitrogens is 2. The second-order valence-corrected chi connectivity index (χ2v) is 6.11. The van der Waals surface area contributed by atoms with Crippen LogP contribution in [0.25, 0.3) is 0 Å². The van der Waals surface area contributed by atoms with Crippen LogP contribution in [-0.2, 0) is 17.5 Å². The highest BCUT2D eigenvalue weighted by Crippen LogP contribution is 2.42. The summed E-state index contributed by atoms with van der Waals surface area (Å²) in [6.07, 6.45) is 1.82. The number of carbonyl (C=O) groups excluding carboxylic acids is 1. The summed E-state index contributed by atoms with van der Waals surface area (Å²) in [5, 5.41) is 6.46. The molecule has 1 saturated carbocycles. The van der Waals surface area contributed by atoms with Gasteiger partial charge in [0, 0.05) is 31.1 Å². The fraction of sp³-hybridized carbons (Fsp3) is 0.750. The summed E-state index contributed by atoms with van der Waals surface area (Å²) in [6, 6.07) is 1.13. The van der Waals surface area contributed by atoms with Crippen molar-refractivity contribution in [3.05, 3.63) is 17.5 Å². The molecule has 0 unspecified atom stereocenters. The van der Waals surface area contributed by atoms with Crippen molar-refractivity contribution in [1.82, 2.24) is 15.1 Å². The molecule has 1 aliphatic rings. The third-order valence-corrected chi connectivity index (χ3v) is 4.00. The molecular formula is C16H24F3N3O. The summed E-state index contributed by atoms with van der Waals surface area (Å²) in [5.41, 5.74) is -0.257. The molecule has 4 nitrogen and oxygen atoms in total. The highest BCUT2D eigenvalue weighted by atomic mass is 19.4. The zero-order valence-electron chi connectivity index (χ0n) is 13.5. The second kappa shape index (κ2) is 7.84. The number of alkyl halides is 3. The Labute approximate surface area is 134 Å². The Hall–Kier alpha value is -1.53. The van der Waals surface area contributed by atoms with Crippen LogP contribution in [0.3, 0.4) is 0 Å². The van der Waals surface area contributed by atoms with E-state index in [1.54, 1.807) is 0 Å². The third-order valence-electron chi connectivity index (χ3n) is 4.00. The molecule has 0 spiro atoms. The van der Waals surface area contributed by atoms with Crippen LogP contribution in [0.5, 0.6) is 0 Å². The quantitative estimate of drug-likeness (QED) is 0.698. The Kier molecular flexibility index (Phi) is 6.07. The molecule has 1 N–H and O–H groups in total. The Morgan fingerprint density at radius 2 is 2.09 bits per heavy atom. The van der Waals surface area contributed by atoms with Gasteiger partial charge in [0.15, 0.2) is 5.69 Å². The van der Waals surface area contributed by atoms with Gasteiger partial charge in [-0.2, -0.15) is 18.3 Å². The average molecular weight is 331 g/mol. The monoisotopic (exact) mass is 331 g/mol. The lowest BCUT2D eigenvalue weighted by molar-refractivity contribution is -0.141. The minimum Gasteiger partial charge on any atom is -0.356 e. The normalized spacial score (nSPS) is 15.0. The summed E-state index contributed by atoms with van der Waals surface area (Å²) in [4.78, 5) is 11.8. The van der Waals surface area contributed by atoms with Crippen molar-refractivity contribution >= 4 is 5.91 Å². The Morgan fingerprint density at radius 3 is 2.70 bits per heavy atom. The van der Waals surface area contributed by atoms with Crippen LogP contribution in [0, 0.1) is 0 Å². The number of nitrogens with zero attached hydrogens (tertiary/aromatic N) is 2. The zero-order chi connectivity index (χ0) is 16.9. The first-order chi connectivity index (χ1) is 10.9. The van der Waals surface area contributed by atoms with E-state index in [1.165, 1.54) is 4.68 Å². The largest absolute Gasteiger partial charge is 0.435 e. The van der Waals surface area contributed by atoms with Crippen LogP contribution in [0.1, 0.15) is 69.2 Å². The molecule has 1 aliphatic carbocycles. The number of nitrogens with one attached hydrogen (secondary N) is 1. The van der Waals surface area contributed by atoms with Crippen LogP contribution in [-0.4, -0.2) is 22.2 Å². The molecule has 0 aliphatic heterocycles. The summed E-state index contributed by atoms with van der Waals surface area (Å²) in [7, 11) is 0. The SMILES string of the molecule is CCCCCCNC(=O)CCn1nc(C(F)(F)F)cc1C1CC1. The van der Waals surface area contributed by atoms with Crippen molar-refractivity contribution in [2.24, 2.45) is 0 Å². The van der Waals surface area contributed by atoms with Gasteiger partial charge in [0.1, 0.15) is 0 Å². The van der Waals surface area contributed by atoms with Crippen LogP contribution < -0.4 is 5.32 Å². The number of carbonyl (C=O) groups is 1. The minimum atomic E-state index is -4.43. The molecule has 1 amide bonds. The van der Waals surface area contributed by atoms with Gasteiger partial charge in [0.2, 0.25) is 5.91 Å². The molecule has 0 saturated heterocycles. The van der Waals surface area contributed by atoms with Gasteiger partial charge in [0.25, 0.3) is 0 Å². The first kappa shape index (κ1) is 17.8. The van der Waals surface area contributed by atoms with Crippen molar-refractivity contribution in [2.75, 3.05) is 6.54 Å². The van der Waals surface area contributed by atoms with E-state index in [-0.39, 0.29) is 24.8 Å². The summed E-state index contributed by atoms with van der Waals surface area (Å²) < 4.78 is 39.7. The van der Waals surface area contributed by atoms with E-state index in [0.29, 0.717) is 12.2 Å². The van der Waals surface area contributed by atoms with Gasteiger partial charge in [-0.1, -0.05) is 26.2 Å². The van der Waals surface area contributed by atoms with Crippen molar-refractivity contribution in [3.8, 4) is 0 Å². The number of hydrogen-bond acceptors (Lipinski definition) is 2. The summed E-state index contributed by atoms with van der Waals surface area (Å²) in [5.74, 6) is 0.0306. The number of halogens is 3. The standard InChI is InChI=1S/C16H24F3N3O/c1-2-3-4-5-9-20-15(23)8-10-22-13(12-6-7-12)11-14(21-22)16(17,18)19/h11-12H,2-10H2,1H3,(H,20,23). The lowest BCUT2D eigenvalue weighted by Gasteiger charge is -2.08. The number of unbranched alkanes of at least 4 members (excludes halogenated alkanes) is 3. The van der Waals surface area contributed by atoms with Crippen LogP contribution in [0.4, 0.5) is 13.2 Å². The Morgan fingerprint density at radius 1 is 1.35 bits per heavy atom. The maximum absolute atomic E-state index is 12.8. The molecule has 7 heteroatoms. The molecule has 130 valence electrons. The molecule has 1 heterocycles. The van der Waals surface area contributed by atoms with E-state index >= 15 is 0 Å². The van der Waals surface area contributed by atoms with E-state index in [1.807, 2.05) is 0 Å². The van der Waals surface area contributed by atoms with Crippen molar-refractivity contribution < 1.29 is 18.0 Å². The van der Waals surface area contributed by atoms with Crippen LogP contribution in [0.15, 0.2) is 6.07 Å². The van der Waals surface area contributed by atoms with Gasteiger partial charge >= 0.3 is 6.18 Å². The van der Waals surface area contributed by atoms with Crippen LogP contribution >= 0.6 is 0 Å². The fourth-order valence-corrected chi connectivity index (χ4v) is 2.53. The van der Waals surface area contributed by atoms with E-state index in [9.17, 15) is 18.0 Å².